The average Bonchev–Trinajstić information content (AvgIpc) is 1.84. The Bertz CT molecular complexity index is 223. The molecule has 0 bridgehead atoms. The number of hydrogen-bond acceptors (Lipinski definition) is 3. The lowest BCUT2D eigenvalue weighted by Gasteiger charge is -1.99. The van der Waals surface area contributed by atoms with Crippen molar-refractivity contribution in [1.29, 1.82) is 0 Å². The molecule has 0 aromatic rings. The fourth-order valence-corrected chi connectivity index (χ4v) is 0.715. The van der Waals surface area contributed by atoms with Crippen molar-refractivity contribution in [2.45, 2.75) is 12.6 Å². The Kier molecular flexibility index (Phi) is 3.03. The summed E-state index contributed by atoms with van der Waals surface area (Å²) in [5, 5.41) is 0. The minimum absolute atomic E-state index is 0.0730. The zero-order chi connectivity index (χ0) is 8.31. The van der Waals surface area contributed by atoms with Crippen molar-refractivity contribution in [2.75, 3.05) is 0 Å². The quantitative estimate of drug-likeness (QED) is 0.486. The van der Waals surface area contributed by atoms with Crippen molar-refractivity contribution in [1.82, 2.24) is 0 Å². The Morgan fingerprint density at radius 2 is 2.00 bits per heavy atom. The molecule has 0 saturated carbocycles. The third kappa shape index (κ3) is 2.15. The smallest absolute Gasteiger partial charge is 0.323 e. The van der Waals surface area contributed by atoms with Gasteiger partial charge in [0.15, 0.2) is 0 Å². The zero-order valence-corrected chi connectivity index (χ0v) is 6.43. The number of hydrogen-bond donors (Lipinski definition) is 1. The number of nitrogens with two attached hydrogens (primary N) is 1. The van der Waals surface area contributed by atoms with Crippen LogP contribution in [-0.4, -0.2) is 11.6 Å². The van der Waals surface area contributed by atoms with Gasteiger partial charge in [0, 0.05) is 5.57 Å². The molecule has 2 N–H and O–H groups in total. The maximum Gasteiger partial charge on any atom is 0.323 e. The first-order valence-electron chi connectivity index (χ1n) is 2.59. The highest BCUT2D eigenvalue weighted by atomic mass is 31.1. The molecule has 0 radical (unpaired) electrons. The molecule has 0 fully saturated rings. The van der Waals surface area contributed by atoms with Crippen LogP contribution in [0.4, 0.5) is 0 Å². The van der Waals surface area contributed by atoms with E-state index in [1.807, 2.05) is 0 Å². The van der Waals surface area contributed by atoms with Gasteiger partial charge in [-0.2, -0.15) is 0 Å². The van der Waals surface area contributed by atoms with E-state index in [1.54, 1.807) is 0 Å². The molecule has 10 heavy (non-hydrogen) atoms. The second-order valence-corrected chi connectivity index (χ2v) is 3.20. The normalized spacial score (nSPS) is 12.1. The SMILES string of the molecule is C=C(C(N)=O)C(C)P(=O)=O. The number of rotatable bonds is 3. The molecule has 5 heteroatoms. The predicted octanol–water partition coefficient (Wildman–Crippen LogP) is 0.589. The van der Waals surface area contributed by atoms with E-state index in [9.17, 15) is 13.9 Å². The minimum Gasteiger partial charge on any atom is -0.366 e. The second kappa shape index (κ2) is 3.32. The number of amides is 1. The molecule has 4 nitrogen and oxygen atoms in total. The fourth-order valence-electron chi connectivity index (χ4n) is 0.333. The lowest BCUT2D eigenvalue weighted by atomic mass is 10.2. The van der Waals surface area contributed by atoms with Gasteiger partial charge in [0.25, 0.3) is 0 Å². The fraction of sp³-hybridized carbons (Fsp3) is 0.400. The molecule has 1 amide bonds. The van der Waals surface area contributed by atoms with Crippen molar-refractivity contribution in [3.05, 3.63) is 12.2 Å². The highest BCUT2D eigenvalue weighted by molar-refractivity contribution is 7.32. The van der Waals surface area contributed by atoms with Gasteiger partial charge in [-0.25, -0.2) is 9.13 Å². The van der Waals surface area contributed by atoms with Crippen LogP contribution in [0.3, 0.4) is 0 Å². The molecule has 1 atom stereocenters. The predicted molar refractivity (Wildman–Crippen MR) is 36.1 cm³/mol. The third-order valence-corrected chi connectivity index (χ3v) is 2.08. The minimum atomic E-state index is -2.63. The Hall–Kier alpha value is -0.890. The molecule has 0 heterocycles. The van der Waals surface area contributed by atoms with E-state index < -0.39 is 19.2 Å². The second-order valence-electron chi connectivity index (χ2n) is 1.85. The molecular formula is C5H8NO3P. The van der Waals surface area contributed by atoms with E-state index >= 15 is 0 Å². The van der Waals surface area contributed by atoms with Crippen molar-refractivity contribution in [3.8, 4) is 0 Å². The Balaban J connectivity index is 4.37. The molecule has 0 spiro atoms. The Morgan fingerprint density at radius 1 is 1.60 bits per heavy atom. The van der Waals surface area contributed by atoms with Crippen molar-refractivity contribution in [3.63, 3.8) is 0 Å². The summed E-state index contributed by atoms with van der Waals surface area (Å²) in [6, 6.07) is 0. The van der Waals surface area contributed by atoms with E-state index in [2.05, 4.69) is 6.58 Å². The van der Waals surface area contributed by atoms with Gasteiger partial charge in [-0.05, 0) is 6.92 Å². The molecule has 1 unspecified atom stereocenters. The van der Waals surface area contributed by atoms with E-state index in [1.165, 1.54) is 6.92 Å². The van der Waals surface area contributed by atoms with Gasteiger partial charge in [0.2, 0.25) is 5.91 Å². The summed E-state index contributed by atoms with van der Waals surface area (Å²) in [6.45, 7) is 4.58. The first-order valence-corrected chi connectivity index (χ1v) is 3.83. The van der Waals surface area contributed by atoms with Crippen LogP contribution in [0.25, 0.3) is 0 Å². The summed E-state index contributed by atoms with van der Waals surface area (Å²) in [5.74, 6) is -0.772. The van der Waals surface area contributed by atoms with E-state index in [0.717, 1.165) is 0 Å². The monoisotopic (exact) mass is 161 g/mol. The summed E-state index contributed by atoms with van der Waals surface area (Å²) in [5.41, 5.74) is 3.84. The van der Waals surface area contributed by atoms with Gasteiger partial charge in [-0.1, -0.05) is 6.58 Å². The maximum absolute atomic E-state index is 10.3. The van der Waals surface area contributed by atoms with Crippen molar-refractivity contribution in [2.24, 2.45) is 5.73 Å². The highest BCUT2D eigenvalue weighted by Crippen LogP contribution is 2.19. The van der Waals surface area contributed by atoms with Gasteiger partial charge >= 0.3 is 7.68 Å². The topological polar surface area (TPSA) is 77.2 Å². The Morgan fingerprint density at radius 3 is 2.10 bits per heavy atom. The molecule has 0 rings (SSSR count). The molecule has 56 valence electrons. The standard InChI is InChI=1S/C5H8NO3P/c1-3(5(6)7)4(2)10(8)9/h4H,1H2,2H3,(H2,6,7). The molecule has 0 saturated heterocycles. The molecule has 0 aliphatic heterocycles. The molecular weight excluding hydrogens is 153 g/mol. The van der Waals surface area contributed by atoms with Gasteiger partial charge < -0.3 is 5.73 Å². The Labute approximate surface area is 58.9 Å². The molecule has 0 aliphatic rings. The van der Waals surface area contributed by atoms with E-state index in [0.29, 0.717) is 0 Å². The first-order chi connectivity index (χ1) is 4.46. The highest BCUT2D eigenvalue weighted by Gasteiger charge is 2.15. The number of primary amides is 1. The molecule has 0 aromatic heterocycles. The largest absolute Gasteiger partial charge is 0.366 e. The van der Waals surface area contributed by atoms with E-state index in [4.69, 9.17) is 5.73 Å². The van der Waals surface area contributed by atoms with Gasteiger partial charge in [0.1, 0.15) is 0 Å². The summed E-state index contributed by atoms with van der Waals surface area (Å²) < 4.78 is 20.4. The van der Waals surface area contributed by atoms with Crippen LogP contribution in [0, 0.1) is 0 Å². The number of carbonyl (C=O) groups is 1. The zero-order valence-electron chi connectivity index (χ0n) is 5.53. The number of carbonyl (C=O) groups excluding carboxylic acids is 1. The van der Waals surface area contributed by atoms with Gasteiger partial charge in [-0.3, -0.25) is 4.79 Å². The molecule has 0 aromatic carbocycles. The van der Waals surface area contributed by atoms with Crippen LogP contribution in [0.15, 0.2) is 12.2 Å². The van der Waals surface area contributed by atoms with Crippen LogP contribution in [0.5, 0.6) is 0 Å². The summed E-state index contributed by atoms with van der Waals surface area (Å²) in [4.78, 5) is 10.3. The van der Waals surface area contributed by atoms with Crippen LogP contribution in [0.2, 0.25) is 0 Å². The van der Waals surface area contributed by atoms with Crippen molar-refractivity contribution < 1.29 is 13.9 Å². The van der Waals surface area contributed by atoms with Crippen LogP contribution >= 0.6 is 7.68 Å². The third-order valence-electron chi connectivity index (χ3n) is 1.14. The van der Waals surface area contributed by atoms with Crippen LogP contribution in [0.1, 0.15) is 6.92 Å². The summed E-state index contributed by atoms with van der Waals surface area (Å²) in [7, 11) is -2.63. The lowest BCUT2D eigenvalue weighted by Crippen LogP contribution is -2.18. The van der Waals surface area contributed by atoms with Crippen LogP contribution < -0.4 is 5.73 Å². The van der Waals surface area contributed by atoms with E-state index in [-0.39, 0.29) is 5.57 Å². The summed E-state index contributed by atoms with van der Waals surface area (Å²) >= 11 is 0. The molecule has 0 aliphatic carbocycles. The van der Waals surface area contributed by atoms with Crippen LogP contribution in [-0.2, 0) is 13.9 Å². The summed E-state index contributed by atoms with van der Waals surface area (Å²) in [6.07, 6.45) is 0. The van der Waals surface area contributed by atoms with Crippen molar-refractivity contribution >= 4 is 13.6 Å². The average molecular weight is 161 g/mol. The first kappa shape index (κ1) is 9.11. The van der Waals surface area contributed by atoms with Gasteiger partial charge in [0.05, 0.1) is 5.66 Å². The maximum atomic E-state index is 10.3. The van der Waals surface area contributed by atoms with Gasteiger partial charge in [-0.15, -0.1) is 0 Å². The lowest BCUT2D eigenvalue weighted by molar-refractivity contribution is -0.114.